The first-order valence-corrected chi connectivity index (χ1v) is 8.82. The second-order valence-corrected chi connectivity index (χ2v) is 8.61. The van der Waals surface area contributed by atoms with Crippen LogP contribution < -0.4 is 0 Å². The first-order valence-electron chi connectivity index (χ1n) is 8.82. The van der Waals surface area contributed by atoms with Crippen LogP contribution in [-0.4, -0.2) is 53.1 Å². The molecule has 0 N–H and O–H groups in total. The van der Waals surface area contributed by atoms with Crippen LogP contribution in [0.2, 0.25) is 0 Å². The van der Waals surface area contributed by atoms with Crippen LogP contribution in [0, 0.1) is 11.3 Å². The van der Waals surface area contributed by atoms with E-state index >= 15 is 0 Å². The van der Waals surface area contributed by atoms with Crippen molar-refractivity contribution in [1.82, 2.24) is 9.80 Å². The molecule has 2 saturated heterocycles. The highest BCUT2D eigenvalue weighted by Crippen LogP contribution is 2.45. The van der Waals surface area contributed by atoms with Crippen molar-refractivity contribution >= 4 is 12.0 Å². The van der Waals surface area contributed by atoms with Gasteiger partial charge in [-0.3, -0.25) is 4.79 Å². The highest BCUT2D eigenvalue weighted by molar-refractivity contribution is 5.75. The van der Waals surface area contributed by atoms with Crippen LogP contribution >= 0.6 is 0 Å². The number of amides is 2. The Kier molecular flexibility index (Phi) is 4.97. The first-order chi connectivity index (χ1) is 10.5. The quantitative estimate of drug-likeness (QED) is 0.783. The fraction of sp³-hybridized carbons (Fsp3) is 0.889. The van der Waals surface area contributed by atoms with Crippen LogP contribution in [0.15, 0.2) is 0 Å². The van der Waals surface area contributed by atoms with Gasteiger partial charge in [0.05, 0.1) is 0 Å². The van der Waals surface area contributed by atoms with E-state index in [0.29, 0.717) is 12.3 Å². The molecular weight excluding hydrogens is 292 g/mol. The third-order valence-electron chi connectivity index (χ3n) is 4.98. The zero-order chi connectivity index (χ0) is 17.4. The highest BCUT2D eigenvalue weighted by atomic mass is 16.6. The van der Waals surface area contributed by atoms with Crippen LogP contribution in [0.3, 0.4) is 0 Å². The first kappa shape index (κ1) is 18.1. The molecule has 2 heterocycles. The fourth-order valence-corrected chi connectivity index (χ4v) is 4.02. The summed E-state index contributed by atoms with van der Waals surface area (Å²) in [5.41, 5.74) is -0.337. The molecule has 5 nitrogen and oxygen atoms in total. The molecule has 0 aromatic carbocycles. The van der Waals surface area contributed by atoms with Gasteiger partial charge in [-0.1, -0.05) is 20.8 Å². The molecule has 5 heteroatoms. The summed E-state index contributed by atoms with van der Waals surface area (Å²) in [5, 5.41) is 0. The lowest BCUT2D eigenvalue weighted by atomic mass is 9.67. The van der Waals surface area contributed by atoms with Crippen LogP contribution in [0.1, 0.15) is 60.8 Å². The molecule has 0 spiro atoms. The average Bonchev–Trinajstić information content (AvgIpc) is 2.43. The Hall–Kier alpha value is -1.26. The maximum Gasteiger partial charge on any atom is 0.410 e. The number of rotatable bonds is 2. The Morgan fingerprint density at radius 1 is 1.17 bits per heavy atom. The van der Waals surface area contributed by atoms with E-state index in [-0.39, 0.29) is 23.5 Å². The standard InChI is InChI=1S/C18H32N2O3/c1-7-14(21)19-10-8-13(9-11-19)15-18(5,6)12-20(15)16(22)23-17(2,3)4/h13,15H,7-12H2,1-6H3. The van der Waals surface area contributed by atoms with Gasteiger partial charge in [-0.2, -0.15) is 0 Å². The van der Waals surface area contributed by atoms with E-state index in [2.05, 4.69) is 13.8 Å². The molecule has 0 saturated carbocycles. The molecule has 1 unspecified atom stereocenters. The van der Waals surface area contributed by atoms with Crippen LogP contribution in [0.4, 0.5) is 4.79 Å². The summed E-state index contributed by atoms with van der Waals surface area (Å²) in [5.74, 6) is 0.687. The molecule has 132 valence electrons. The summed E-state index contributed by atoms with van der Waals surface area (Å²) in [6.07, 6.45) is 2.32. The second kappa shape index (κ2) is 6.33. The summed E-state index contributed by atoms with van der Waals surface area (Å²) in [4.78, 5) is 28.1. The molecule has 2 fully saturated rings. The maximum absolute atomic E-state index is 12.4. The SMILES string of the molecule is CCC(=O)N1CCC(C2N(C(=O)OC(C)(C)C)CC2(C)C)CC1. The Morgan fingerprint density at radius 3 is 2.17 bits per heavy atom. The molecule has 2 aliphatic rings. The molecule has 0 aromatic heterocycles. The molecule has 23 heavy (non-hydrogen) atoms. The van der Waals surface area contributed by atoms with Gasteiger partial charge in [-0.05, 0) is 39.5 Å². The summed E-state index contributed by atoms with van der Waals surface area (Å²) < 4.78 is 5.56. The van der Waals surface area contributed by atoms with E-state index in [1.54, 1.807) is 0 Å². The fourth-order valence-electron chi connectivity index (χ4n) is 4.02. The minimum Gasteiger partial charge on any atom is -0.444 e. The van der Waals surface area contributed by atoms with Crippen LogP contribution in [0.25, 0.3) is 0 Å². The van der Waals surface area contributed by atoms with E-state index in [9.17, 15) is 9.59 Å². The zero-order valence-corrected chi connectivity index (χ0v) is 15.5. The summed E-state index contributed by atoms with van der Waals surface area (Å²) >= 11 is 0. The van der Waals surface area contributed by atoms with E-state index in [4.69, 9.17) is 4.74 Å². The maximum atomic E-state index is 12.4. The second-order valence-electron chi connectivity index (χ2n) is 8.61. The van der Waals surface area contributed by atoms with E-state index in [1.807, 2.05) is 37.5 Å². The Bertz CT molecular complexity index is 459. The molecule has 2 amide bonds. The average molecular weight is 324 g/mol. The van der Waals surface area contributed by atoms with Crippen molar-refractivity contribution in [2.45, 2.75) is 72.4 Å². The molecule has 2 aliphatic heterocycles. The highest BCUT2D eigenvalue weighted by Gasteiger charge is 2.53. The molecular formula is C18H32N2O3. The number of carbonyl (C=O) groups is 2. The van der Waals surface area contributed by atoms with Crippen molar-refractivity contribution < 1.29 is 14.3 Å². The predicted octanol–water partition coefficient (Wildman–Crippen LogP) is 3.28. The molecule has 0 aliphatic carbocycles. The van der Waals surface area contributed by atoms with Gasteiger partial charge in [-0.25, -0.2) is 4.79 Å². The summed E-state index contributed by atoms with van der Waals surface area (Å²) in [7, 11) is 0. The zero-order valence-electron chi connectivity index (χ0n) is 15.5. The van der Waals surface area contributed by atoms with Crippen LogP contribution in [0.5, 0.6) is 0 Å². The number of ether oxygens (including phenoxy) is 1. The summed E-state index contributed by atoms with van der Waals surface area (Å²) in [6.45, 7) is 14.4. The third-order valence-corrected chi connectivity index (χ3v) is 4.98. The van der Waals surface area contributed by atoms with Crippen molar-refractivity contribution in [3.8, 4) is 0 Å². The number of piperidine rings is 1. The van der Waals surface area contributed by atoms with Gasteiger partial charge in [0.25, 0.3) is 0 Å². The Morgan fingerprint density at radius 2 is 1.74 bits per heavy atom. The van der Waals surface area contributed by atoms with Gasteiger partial charge in [-0.15, -0.1) is 0 Å². The lowest BCUT2D eigenvalue weighted by Crippen LogP contribution is -2.68. The van der Waals surface area contributed by atoms with Crippen molar-refractivity contribution in [2.24, 2.45) is 11.3 Å². The van der Waals surface area contributed by atoms with E-state index in [0.717, 1.165) is 32.5 Å². The molecule has 0 radical (unpaired) electrons. The number of carbonyl (C=O) groups excluding carboxylic acids is 2. The van der Waals surface area contributed by atoms with Crippen molar-refractivity contribution in [3.05, 3.63) is 0 Å². The lowest BCUT2D eigenvalue weighted by molar-refractivity contribution is -0.135. The minimum atomic E-state index is -0.460. The number of hydrogen-bond donors (Lipinski definition) is 0. The van der Waals surface area contributed by atoms with Crippen LogP contribution in [-0.2, 0) is 9.53 Å². The predicted molar refractivity (Wildman–Crippen MR) is 90.1 cm³/mol. The topological polar surface area (TPSA) is 49.9 Å². The molecule has 0 aromatic rings. The van der Waals surface area contributed by atoms with E-state index < -0.39 is 5.60 Å². The number of likely N-dealkylation sites (tertiary alicyclic amines) is 2. The monoisotopic (exact) mass is 324 g/mol. The Balaban J connectivity index is 1.99. The van der Waals surface area contributed by atoms with Gasteiger partial charge >= 0.3 is 6.09 Å². The van der Waals surface area contributed by atoms with E-state index in [1.165, 1.54) is 0 Å². The number of hydrogen-bond acceptors (Lipinski definition) is 3. The van der Waals surface area contributed by atoms with Gasteiger partial charge in [0, 0.05) is 37.5 Å². The molecule has 2 rings (SSSR count). The van der Waals surface area contributed by atoms with Crippen molar-refractivity contribution in [1.29, 1.82) is 0 Å². The smallest absolute Gasteiger partial charge is 0.410 e. The molecule has 0 bridgehead atoms. The Labute approximate surface area is 140 Å². The van der Waals surface area contributed by atoms with Gasteiger partial charge < -0.3 is 14.5 Å². The lowest BCUT2D eigenvalue weighted by Gasteiger charge is -2.58. The van der Waals surface area contributed by atoms with Crippen molar-refractivity contribution in [2.75, 3.05) is 19.6 Å². The van der Waals surface area contributed by atoms with Gasteiger partial charge in [0.15, 0.2) is 0 Å². The third kappa shape index (κ3) is 3.99. The normalized spacial score (nSPS) is 25.0. The van der Waals surface area contributed by atoms with Crippen molar-refractivity contribution in [3.63, 3.8) is 0 Å². The number of nitrogens with zero attached hydrogens (tertiary/aromatic N) is 2. The molecule has 1 atom stereocenters. The minimum absolute atomic E-state index is 0.124. The van der Waals surface area contributed by atoms with Gasteiger partial charge in [0.1, 0.15) is 5.60 Å². The summed E-state index contributed by atoms with van der Waals surface area (Å²) in [6, 6.07) is 0.219. The van der Waals surface area contributed by atoms with Gasteiger partial charge in [0.2, 0.25) is 5.91 Å². The largest absolute Gasteiger partial charge is 0.444 e.